The molecule has 0 radical (unpaired) electrons. The van der Waals surface area contributed by atoms with Crippen molar-refractivity contribution in [1.82, 2.24) is 19.5 Å². The molecule has 2 aromatic carbocycles. The quantitative estimate of drug-likeness (QED) is 0.620. The highest BCUT2D eigenvalue weighted by Gasteiger charge is 2.02. The average molecular weight is 315 g/mol. The van der Waals surface area contributed by atoms with Crippen molar-refractivity contribution >= 4 is 22.5 Å². The molecule has 5 nitrogen and oxygen atoms in total. The summed E-state index contributed by atoms with van der Waals surface area (Å²) in [6.45, 7) is 2.85. The number of imidazole rings is 1. The van der Waals surface area contributed by atoms with Gasteiger partial charge in [0, 0.05) is 36.2 Å². The molecule has 0 aliphatic carbocycles. The van der Waals surface area contributed by atoms with Crippen molar-refractivity contribution in [2.24, 2.45) is 0 Å². The number of hydrogen-bond donors (Lipinski definition) is 1. The second kappa shape index (κ2) is 6.12. The Labute approximate surface area is 140 Å². The number of aryl methyl sites for hydroxylation is 1. The van der Waals surface area contributed by atoms with Gasteiger partial charge in [0.15, 0.2) is 0 Å². The van der Waals surface area contributed by atoms with E-state index in [1.807, 2.05) is 41.5 Å². The summed E-state index contributed by atoms with van der Waals surface area (Å²) >= 11 is 0. The van der Waals surface area contributed by atoms with Gasteiger partial charge in [-0.1, -0.05) is 23.8 Å². The van der Waals surface area contributed by atoms with Crippen molar-refractivity contribution in [1.29, 1.82) is 0 Å². The number of nitrogens with one attached hydrogen (secondary N) is 1. The third-order valence-electron chi connectivity index (χ3n) is 3.84. The first-order valence-electron chi connectivity index (χ1n) is 7.81. The molecule has 0 amide bonds. The molecular weight excluding hydrogens is 298 g/mol. The van der Waals surface area contributed by atoms with Crippen molar-refractivity contribution in [2.45, 2.75) is 13.5 Å². The van der Waals surface area contributed by atoms with Gasteiger partial charge in [-0.15, -0.1) is 0 Å². The molecule has 0 saturated carbocycles. The Balaban J connectivity index is 1.57. The maximum absolute atomic E-state index is 4.58. The minimum atomic E-state index is 0.603. The Morgan fingerprint density at radius 1 is 1.12 bits per heavy atom. The number of nitrogens with zero attached hydrogens (tertiary/aromatic N) is 4. The smallest absolute Gasteiger partial charge is 0.227 e. The maximum atomic E-state index is 4.58. The number of aromatic nitrogens is 4. The molecule has 1 N–H and O–H groups in total. The van der Waals surface area contributed by atoms with E-state index in [1.165, 1.54) is 11.1 Å². The standard InChI is InChI=1S/C19H17N5/c1-14-5-6-18-16(9-14)11-21-19(23-18)22-17-4-2-3-15(10-17)12-24-8-7-20-13-24/h2-11,13H,12H2,1H3,(H,21,22,23). The molecule has 0 bridgehead atoms. The second-order valence-electron chi connectivity index (χ2n) is 5.82. The zero-order valence-corrected chi connectivity index (χ0v) is 13.3. The topological polar surface area (TPSA) is 55.6 Å². The molecule has 0 atom stereocenters. The highest BCUT2D eigenvalue weighted by atomic mass is 15.1. The van der Waals surface area contributed by atoms with Crippen molar-refractivity contribution in [3.8, 4) is 0 Å². The van der Waals surface area contributed by atoms with Crippen LogP contribution in [0.3, 0.4) is 0 Å². The molecule has 0 fully saturated rings. The van der Waals surface area contributed by atoms with Crippen LogP contribution < -0.4 is 5.32 Å². The monoisotopic (exact) mass is 315 g/mol. The van der Waals surface area contributed by atoms with E-state index in [4.69, 9.17) is 0 Å². The predicted octanol–water partition coefficient (Wildman–Crippen LogP) is 3.93. The lowest BCUT2D eigenvalue weighted by Crippen LogP contribution is -2.00. The van der Waals surface area contributed by atoms with E-state index in [0.29, 0.717) is 5.95 Å². The lowest BCUT2D eigenvalue weighted by molar-refractivity contribution is 0.797. The van der Waals surface area contributed by atoms with Gasteiger partial charge in [-0.2, -0.15) is 0 Å². The van der Waals surface area contributed by atoms with Crippen LogP contribution in [0.4, 0.5) is 11.6 Å². The SMILES string of the molecule is Cc1ccc2nc(Nc3cccc(Cn4ccnc4)c3)ncc2c1. The molecule has 0 spiro atoms. The van der Waals surface area contributed by atoms with Crippen molar-refractivity contribution in [2.75, 3.05) is 5.32 Å². The van der Waals surface area contributed by atoms with E-state index in [2.05, 4.69) is 51.5 Å². The van der Waals surface area contributed by atoms with Crippen molar-refractivity contribution in [3.05, 3.63) is 78.5 Å². The predicted molar refractivity (Wildman–Crippen MR) is 95.3 cm³/mol. The van der Waals surface area contributed by atoms with E-state index in [9.17, 15) is 0 Å². The van der Waals surface area contributed by atoms with E-state index in [1.54, 1.807) is 6.20 Å². The first kappa shape index (κ1) is 14.4. The van der Waals surface area contributed by atoms with Crippen LogP contribution in [0.25, 0.3) is 10.9 Å². The molecule has 0 unspecified atom stereocenters. The number of hydrogen-bond acceptors (Lipinski definition) is 4. The molecule has 24 heavy (non-hydrogen) atoms. The Kier molecular flexibility index (Phi) is 3.67. The van der Waals surface area contributed by atoms with Gasteiger partial charge < -0.3 is 9.88 Å². The highest BCUT2D eigenvalue weighted by molar-refractivity contribution is 5.79. The van der Waals surface area contributed by atoms with Gasteiger partial charge in [0.1, 0.15) is 0 Å². The van der Waals surface area contributed by atoms with Gasteiger partial charge in [0.2, 0.25) is 5.95 Å². The number of fused-ring (bicyclic) bond motifs is 1. The lowest BCUT2D eigenvalue weighted by atomic mass is 10.2. The van der Waals surface area contributed by atoms with Gasteiger partial charge in [-0.05, 0) is 36.8 Å². The number of anilines is 2. The third kappa shape index (κ3) is 3.10. The molecule has 2 heterocycles. The molecule has 4 aromatic rings. The van der Waals surface area contributed by atoms with Gasteiger partial charge in [-0.3, -0.25) is 0 Å². The van der Waals surface area contributed by atoms with E-state index in [0.717, 1.165) is 23.1 Å². The van der Waals surface area contributed by atoms with Crippen LogP contribution in [-0.2, 0) is 6.54 Å². The number of rotatable bonds is 4. The van der Waals surface area contributed by atoms with Gasteiger partial charge in [0.25, 0.3) is 0 Å². The van der Waals surface area contributed by atoms with Crippen LogP contribution >= 0.6 is 0 Å². The van der Waals surface area contributed by atoms with E-state index in [-0.39, 0.29) is 0 Å². The first-order chi connectivity index (χ1) is 11.8. The Morgan fingerprint density at radius 3 is 2.96 bits per heavy atom. The summed E-state index contributed by atoms with van der Waals surface area (Å²) in [4.78, 5) is 13.1. The fraction of sp³-hybridized carbons (Fsp3) is 0.105. The lowest BCUT2D eigenvalue weighted by Gasteiger charge is -2.08. The van der Waals surface area contributed by atoms with Crippen LogP contribution in [0, 0.1) is 6.92 Å². The minimum Gasteiger partial charge on any atom is -0.333 e. The largest absolute Gasteiger partial charge is 0.333 e. The number of benzene rings is 2. The molecule has 5 heteroatoms. The molecule has 2 aromatic heterocycles. The molecule has 4 rings (SSSR count). The van der Waals surface area contributed by atoms with Crippen molar-refractivity contribution in [3.63, 3.8) is 0 Å². The fourth-order valence-electron chi connectivity index (χ4n) is 2.68. The summed E-state index contributed by atoms with van der Waals surface area (Å²) < 4.78 is 2.04. The fourth-order valence-corrected chi connectivity index (χ4v) is 2.68. The molecule has 0 aliphatic heterocycles. The highest BCUT2D eigenvalue weighted by Crippen LogP contribution is 2.19. The van der Waals surface area contributed by atoms with E-state index < -0.39 is 0 Å². The van der Waals surface area contributed by atoms with Crippen LogP contribution in [0.1, 0.15) is 11.1 Å². The minimum absolute atomic E-state index is 0.603. The molecule has 0 aliphatic rings. The molecular formula is C19H17N5. The van der Waals surface area contributed by atoms with Gasteiger partial charge in [0.05, 0.1) is 11.8 Å². The average Bonchev–Trinajstić information content (AvgIpc) is 3.08. The summed E-state index contributed by atoms with van der Waals surface area (Å²) in [5.41, 5.74) is 4.31. The summed E-state index contributed by atoms with van der Waals surface area (Å²) in [6, 6.07) is 14.4. The van der Waals surface area contributed by atoms with Gasteiger partial charge >= 0.3 is 0 Å². The summed E-state index contributed by atoms with van der Waals surface area (Å²) in [7, 11) is 0. The third-order valence-corrected chi connectivity index (χ3v) is 3.84. The van der Waals surface area contributed by atoms with E-state index >= 15 is 0 Å². The van der Waals surface area contributed by atoms with Crippen LogP contribution in [0.5, 0.6) is 0 Å². The van der Waals surface area contributed by atoms with Crippen molar-refractivity contribution < 1.29 is 0 Å². The van der Waals surface area contributed by atoms with Crippen LogP contribution in [0.15, 0.2) is 67.4 Å². The summed E-state index contributed by atoms with van der Waals surface area (Å²) in [5.74, 6) is 0.603. The zero-order chi connectivity index (χ0) is 16.4. The maximum Gasteiger partial charge on any atom is 0.227 e. The Bertz CT molecular complexity index is 976. The Morgan fingerprint density at radius 2 is 2.08 bits per heavy atom. The second-order valence-corrected chi connectivity index (χ2v) is 5.82. The van der Waals surface area contributed by atoms with Crippen LogP contribution in [-0.4, -0.2) is 19.5 Å². The Hall–Kier alpha value is -3.21. The first-order valence-corrected chi connectivity index (χ1v) is 7.81. The zero-order valence-electron chi connectivity index (χ0n) is 13.3. The summed E-state index contributed by atoms with van der Waals surface area (Å²) in [6.07, 6.45) is 7.41. The molecule has 0 saturated heterocycles. The molecule has 118 valence electrons. The summed E-state index contributed by atoms with van der Waals surface area (Å²) in [5, 5.41) is 4.33. The van der Waals surface area contributed by atoms with Gasteiger partial charge in [-0.25, -0.2) is 15.0 Å². The van der Waals surface area contributed by atoms with Crippen LogP contribution in [0.2, 0.25) is 0 Å². The normalized spacial score (nSPS) is 10.9.